The number of hydrogen-bond donors (Lipinski definition) is 6. The van der Waals surface area contributed by atoms with Crippen LogP contribution in [0.4, 0.5) is 0 Å². The summed E-state index contributed by atoms with van der Waals surface area (Å²) in [6, 6.07) is -0.718. The van der Waals surface area contributed by atoms with Crippen molar-refractivity contribution in [3.8, 4) is 0 Å². The number of nitrogens with one attached hydrogen (secondary N) is 1. The number of rotatable bonds is 38. The van der Waals surface area contributed by atoms with Crippen LogP contribution in [0, 0.1) is 0 Å². The zero-order valence-corrected chi connectivity index (χ0v) is 35.0. The molecule has 0 radical (unpaired) electrons. The second-order valence-corrected chi connectivity index (χ2v) is 16.2. The van der Waals surface area contributed by atoms with Gasteiger partial charge in [0.15, 0.2) is 6.29 Å². The Labute approximate surface area is 331 Å². The Balaban J connectivity index is 2.33. The number of carbonyl (C=O) groups is 1. The minimum Gasteiger partial charge on any atom is -0.394 e. The van der Waals surface area contributed by atoms with E-state index in [9.17, 15) is 30.3 Å². The summed E-state index contributed by atoms with van der Waals surface area (Å²) in [6.07, 6.45) is 33.5. The van der Waals surface area contributed by atoms with Gasteiger partial charge in [-0.1, -0.05) is 180 Å². The van der Waals surface area contributed by atoms with Crippen LogP contribution < -0.4 is 5.32 Å². The smallest absolute Gasteiger partial charge is 0.220 e. The molecule has 54 heavy (non-hydrogen) atoms. The minimum atomic E-state index is -1.55. The van der Waals surface area contributed by atoms with Gasteiger partial charge in [0, 0.05) is 6.42 Å². The molecule has 7 atom stereocenters. The summed E-state index contributed by atoms with van der Waals surface area (Å²) < 4.78 is 11.2. The number of hydrogen-bond acceptors (Lipinski definition) is 8. The van der Waals surface area contributed by atoms with Crippen LogP contribution in [0.1, 0.15) is 213 Å². The van der Waals surface area contributed by atoms with Gasteiger partial charge in [0.25, 0.3) is 0 Å². The van der Waals surface area contributed by atoms with Gasteiger partial charge < -0.3 is 40.3 Å². The number of carbonyl (C=O) groups excluding carboxylic acids is 1. The molecule has 1 fully saturated rings. The van der Waals surface area contributed by atoms with Crippen molar-refractivity contribution < 1.29 is 39.8 Å². The third-order valence-electron chi connectivity index (χ3n) is 11.1. The Bertz CT molecular complexity index is 858. The van der Waals surface area contributed by atoms with E-state index in [2.05, 4.69) is 31.3 Å². The Morgan fingerprint density at radius 2 is 1.04 bits per heavy atom. The molecule has 7 unspecified atom stereocenters. The molecule has 9 nitrogen and oxygen atoms in total. The zero-order valence-electron chi connectivity index (χ0n) is 35.0. The molecule has 1 heterocycles. The fourth-order valence-electron chi connectivity index (χ4n) is 7.39. The molecule has 0 aromatic heterocycles. The highest BCUT2D eigenvalue weighted by Crippen LogP contribution is 2.23. The topological polar surface area (TPSA) is 149 Å². The van der Waals surface area contributed by atoms with Crippen LogP contribution in [0.2, 0.25) is 0 Å². The Kier molecular flexibility index (Phi) is 34.2. The summed E-state index contributed by atoms with van der Waals surface area (Å²) in [5, 5.41) is 54.3. The van der Waals surface area contributed by atoms with Crippen molar-refractivity contribution in [2.45, 2.75) is 256 Å². The average molecular weight is 770 g/mol. The van der Waals surface area contributed by atoms with E-state index < -0.39 is 49.5 Å². The van der Waals surface area contributed by atoms with E-state index in [1.54, 1.807) is 0 Å². The van der Waals surface area contributed by atoms with E-state index in [4.69, 9.17) is 9.47 Å². The summed E-state index contributed by atoms with van der Waals surface area (Å²) >= 11 is 0. The van der Waals surface area contributed by atoms with E-state index in [0.717, 1.165) is 51.4 Å². The second kappa shape index (κ2) is 36.3. The quantitative estimate of drug-likeness (QED) is 0.0269. The van der Waals surface area contributed by atoms with Crippen LogP contribution in [0.5, 0.6) is 0 Å². The van der Waals surface area contributed by atoms with Gasteiger partial charge in [0.1, 0.15) is 24.4 Å². The van der Waals surface area contributed by atoms with Crippen molar-refractivity contribution in [1.29, 1.82) is 0 Å². The molecule has 320 valence electrons. The minimum absolute atomic E-state index is 0.138. The number of unbranched alkanes of at least 4 members (excludes halogenated alkanes) is 26. The molecule has 1 aliphatic rings. The first-order valence-electron chi connectivity index (χ1n) is 22.9. The van der Waals surface area contributed by atoms with Gasteiger partial charge in [-0.2, -0.15) is 0 Å². The average Bonchev–Trinajstić information content (AvgIpc) is 3.17. The lowest BCUT2D eigenvalue weighted by Crippen LogP contribution is -2.60. The van der Waals surface area contributed by atoms with Gasteiger partial charge >= 0.3 is 0 Å². The third kappa shape index (κ3) is 26.7. The van der Waals surface area contributed by atoms with E-state index in [-0.39, 0.29) is 12.5 Å². The normalized spacial score (nSPS) is 21.5. The first-order chi connectivity index (χ1) is 26.3. The monoisotopic (exact) mass is 770 g/mol. The van der Waals surface area contributed by atoms with Crippen LogP contribution in [-0.4, -0.2) is 87.5 Å². The lowest BCUT2D eigenvalue weighted by molar-refractivity contribution is -0.302. The van der Waals surface area contributed by atoms with Crippen LogP contribution in [-0.2, 0) is 14.3 Å². The fourth-order valence-corrected chi connectivity index (χ4v) is 7.39. The number of aliphatic hydroxyl groups is 5. The molecule has 1 aliphatic heterocycles. The first kappa shape index (κ1) is 50.9. The SMILES string of the molecule is CCCCCCC/C=C\CCCCCCCC(=O)NC(COC1OC(CO)C(O)C(O)C1O)C(O)CCCCCCCCCCCCCCCCCCC. The van der Waals surface area contributed by atoms with E-state index in [1.165, 1.54) is 135 Å². The maximum absolute atomic E-state index is 12.9. The summed E-state index contributed by atoms with van der Waals surface area (Å²) in [6.45, 7) is 3.82. The molecule has 1 rings (SSSR count). The molecule has 0 saturated carbocycles. The highest BCUT2D eigenvalue weighted by molar-refractivity contribution is 5.76. The molecular weight excluding hydrogens is 682 g/mol. The Morgan fingerprint density at radius 1 is 0.611 bits per heavy atom. The summed E-state index contributed by atoms with van der Waals surface area (Å²) in [4.78, 5) is 12.9. The highest BCUT2D eigenvalue weighted by atomic mass is 16.7. The molecule has 1 amide bonds. The predicted molar refractivity (Wildman–Crippen MR) is 221 cm³/mol. The molecule has 9 heteroatoms. The van der Waals surface area contributed by atoms with Crippen molar-refractivity contribution in [3.05, 3.63) is 12.2 Å². The number of aliphatic hydroxyl groups excluding tert-OH is 5. The molecule has 0 aromatic rings. The van der Waals surface area contributed by atoms with Gasteiger partial charge in [-0.25, -0.2) is 0 Å². The second-order valence-electron chi connectivity index (χ2n) is 16.2. The fraction of sp³-hybridized carbons (Fsp3) is 0.933. The molecule has 0 aliphatic carbocycles. The molecule has 1 saturated heterocycles. The largest absolute Gasteiger partial charge is 0.394 e. The maximum atomic E-state index is 12.9. The van der Waals surface area contributed by atoms with Crippen LogP contribution in [0.25, 0.3) is 0 Å². The number of ether oxygens (including phenoxy) is 2. The van der Waals surface area contributed by atoms with Crippen molar-refractivity contribution in [3.63, 3.8) is 0 Å². The Morgan fingerprint density at radius 3 is 1.50 bits per heavy atom. The number of amides is 1. The summed E-state index contributed by atoms with van der Waals surface area (Å²) in [5.74, 6) is -0.152. The maximum Gasteiger partial charge on any atom is 0.220 e. The van der Waals surface area contributed by atoms with Gasteiger partial charge in [-0.15, -0.1) is 0 Å². The molecule has 0 aromatic carbocycles. The van der Waals surface area contributed by atoms with Gasteiger partial charge in [0.05, 0.1) is 25.4 Å². The summed E-state index contributed by atoms with van der Waals surface area (Å²) in [7, 11) is 0. The van der Waals surface area contributed by atoms with Crippen LogP contribution in [0.3, 0.4) is 0 Å². The molecule has 0 spiro atoms. The predicted octanol–water partition coefficient (Wildman–Crippen LogP) is 9.34. The highest BCUT2D eigenvalue weighted by Gasteiger charge is 2.44. The standard InChI is InChI=1S/C45H87NO8/c1-3-5-7-9-11-13-15-17-19-20-21-22-24-26-28-30-32-34-39(48)38(37-53-45-44(52)43(51)42(50)40(36-47)54-45)46-41(49)35-33-31-29-27-25-23-18-16-14-12-10-8-6-4-2/h16,18,38-40,42-45,47-48,50-52H,3-15,17,19-37H2,1-2H3,(H,46,49)/b18-16-. The molecular formula is C45H87NO8. The van der Waals surface area contributed by atoms with Gasteiger partial charge in [-0.3, -0.25) is 4.79 Å². The third-order valence-corrected chi connectivity index (χ3v) is 11.1. The van der Waals surface area contributed by atoms with E-state index >= 15 is 0 Å². The first-order valence-corrected chi connectivity index (χ1v) is 22.9. The Hall–Kier alpha value is -1.07. The van der Waals surface area contributed by atoms with E-state index in [0.29, 0.717) is 12.8 Å². The van der Waals surface area contributed by atoms with Gasteiger partial charge in [-0.05, 0) is 38.5 Å². The summed E-state index contributed by atoms with van der Waals surface area (Å²) in [5.41, 5.74) is 0. The lowest BCUT2D eigenvalue weighted by atomic mass is 9.99. The molecule has 0 bridgehead atoms. The van der Waals surface area contributed by atoms with Crippen LogP contribution >= 0.6 is 0 Å². The van der Waals surface area contributed by atoms with Gasteiger partial charge in [0.2, 0.25) is 5.91 Å². The van der Waals surface area contributed by atoms with E-state index in [1.807, 2.05) is 0 Å². The van der Waals surface area contributed by atoms with Crippen molar-refractivity contribution >= 4 is 5.91 Å². The number of allylic oxidation sites excluding steroid dienone is 2. The van der Waals surface area contributed by atoms with Crippen molar-refractivity contribution in [2.75, 3.05) is 13.2 Å². The molecule has 6 N–H and O–H groups in total. The zero-order chi connectivity index (χ0) is 39.5. The van der Waals surface area contributed by atoms with Crippen molar-refractivity contribution in [2.24, 2.45) is 0 Å². The van der Waals surface area contributed by atoms with Crippen molar-refractivity contribution in [1.82, 2.24) is 5.32 Å². The lowest BCUT2D eigenvalue weighted by Gasteiger charge is -2.40. The van der Waals surface area contributed by atoms with Crippen LogP contribution in [0.15, 0.2) is 12.2 Å².